The Bertz CT molecular complexity index is 59.1. The van der Waals surface area contributed by atoms with Crippen LogP contribution in [0.5, 0.6) is 0 Å². The summed E-state index contributed by atoms with van der Waals surface area (Å²) in [5.41, 5.74) is 0. The maximum atomic E-state index is 6.77. The summed E-state index contributed by atoms with van der Waals surface area (Å²) in [6.45, 7) is 1.98. The summed E-state index contributed by atoms with van der Waals surface area (Å²) in [4.78, 5) is 1.98. The second-order valence-electron chi connectivity index (χ2n) is 1.87. The van der Waals surface area contributed by atoms with E-state index in [1.807, 2.05) is 25.9 Å². The molecule has 7 heavy (non-hydrogen) atoms. The minimum Gasteiger partial charge on any atom is -0.311 e. The molecule has 0 aliphatic rings. The fourth-order valence-electron chi connectivity index (χ4n) is 0.149. The van der Waals surface area contributed by atoms with E-state index in [1.54, 1.807) is 0 Å². The van der Waals surface area contributed by atoms with Crippen molar-refractivity contribution in [2.75, 3.05) is 14.1 Å². The van der Waals surface area contributed by atoms with Gasteiger partial charge in [-0.15, -0.1) is 0 Å². The van der Waals surface area contributed by atoms with Crippen molar-refractivity contribution >= 4 is 6.21 Å². The number of nitrogens with one attached hydrogen (secondary N) is 1. The van der Waals surface area contributed by atoms with Crippen molar-refractivity contribution in [1.29, 1.82) is 5.41 Å². The Labute approximate surface area is 44.6 Å². The van der Waals surface area contributed by atoms with Crippen molar-refractivity contribution in [3.63, 3.8) is 0 Å². The van der Waals surface area contributed by atoms with Crippen LogP contribution in [0.25, 0.3) is 0 Å². The molecule has 1 atom stereocenters. The lowest BCUT2D eigenvalue weighted by atomic mass is 10.3. The van der Waals surface area contributed by atoms with Crippen LogP contribution in [-0.4, -0.2) is 31.3 Å². The van der Waals surface area contributed by atoms with Crippen LogP contribution in [0.1, 0.15) is 6.92 Å². The van der Waals surface area contributed by atoms with Gasteiger partial charge in [0, 0.05) is 12.3 Å². The Kier molecular flexibility index (Phi) is 2.60. The Hall–Kier alpha value is -0.370. The van der Waals surface area contributed by atoms with Gasteiger partial charge in [-0.05, 0) is 21.0 Å². The molecule has 0 aromatic rings. The molecule has 0 amide bonds. The van der Waals surface area contributed by atoms with Crippen molar-refractivity contribution in [1.82, 2.24) is 4.90 Å². The SMILES string of the molecule is CC(C=N)N(C)C. The van der Waals surface area contributed by atoms with Crippen LogP contribution in [0.2, 0.25) is 0 Å². The second-order valence-corrected chi connectivity index (χ2v) is 1.87. The molecule has 2 heteroatoms. The maximum Gasteiger partial charge on any atom is 0.0409 e. The summed E-state index contributed by atoms with van der Waals surface area (Å²) in [5.74, 6) is 0. The van der Waals surface area contributed by atoms with Crippen LogP contribution in [0.15, 0.2) is 0 Å². The van der Waals surface area contributed by atoms with Gasteiger partial charge in [0.1, 0.15) is 0 Å². The van der Waals surface area contributed by atoms with Gasteiger partial charge < -0.3 is 10.3 Å². The predicted molar refractivity (Wildman–Crippen MR) is 31.9 cm³/mol. The lowest BCUT2D eigenvalue weighted by Gasteiger charge is -2.12. The summed E-state index contributed by atoms with van der Waals surface area (Å²) in [6, 6.07) is 0.278. The van der Waals surface area contributed by atoms with E-state index < -0.39 is 0 Å². The monoisotopic (exact) mass is 100 g/mol. The average molecular weight is 100 g/mol. The van der Waals surface area contributed by atoms with E-state index >= 15 is 0 Å². The van der Waals surface area contributed by atoms with Gasteiger partial charge in [0.05, 0.1) is 0 Å². The fraction of sp³-hybridized carbons (Fsp3) is 0.800. The fourth-order valence-corrected chi connectivity index (χ4v) is 0.149. The lowest BCUT2D eigenvalue weighted by molar-refractivity contribution is 0.385. The Morgan fingerprint density at radius 3 is 2.00 bits per heavy atom. The molecule has 0 fully saturated rings. The van der Waals surface area contributed by atoms with E-state index in [-0.39, 0.29) is 6.04 Å². The van der Waals surface area contributed by atoms with Crippen LogP contribution in [0.4, 0.5) is 0 Å². The van der Waals surface area contributed by atoms with Crippen molar-refractivity contribution in [3.8, 4) is 0 Å². The second kappa shape index (κ2) is 2.75. The quantitative estimate of drug-likeness (QED) is 0.505. The molecule has 0 aliphatic carbocycles. The highest BCUT2D eigenvalue weighted by Crippen LogP contribution is 1.82. The third-order valence-corrected chi connectivity index (χ3v) is 1.06. The number of hydrogen-bond acceptors (Lipinski definition) is 2. The van der Waals surface area contributed by atoms with E-state index in [0.717, 1.165) is 0 Å². The zero-order chi connectivity index (χ0) is 5.86. The molecule has 42 valence electrons. The minimum atomic E-state index is 0.278. The molecule has 0 heterocycles. The largest absolute Gasteiger partial charge is 0.311 e. The van der Waals surface area contributed by atoms with Crippen LogP contribution >= 0.6 is 0 Å². The first kappa shape index (κ1) is 6.63. The Morgan fingerprint density at radius 1 is 1.57 bits per heavy atom. The zero-order valence-corrected chi connectivity index (χ0v) is 5.10. The van der Waals surface area contributed by atoms with Crippen LogP contribution in [0, 0.1) is 5.41 Å². The maximum absolute atomic E-state index is 6.77. The van der Waals surface area contributed by atoms with Crippen molar-refractivity contribution in [3.05, 3.63) is 0 Å². The van der Waals surface area contributed by atoms with E-state index in [9.17, 15) is 0 Å². The van der Waals surface area contributed by atoms with Gasteiger partial charge in [-0.25, -0.2) is 0 Å². The number of nitrogens with zero attached hydrogens (tertiary/aromatic N) is 1. The van der Waals surface area contributed by atoms with Gasteiger partial charge >= 0.3 is 0 Å². The average Bonchev–Trinajstić information content (AvgIpc) is 1.65. The highest BCUT2D eigenvalue weighted by Gasteiger charge is 1.95. The highest BCUT2D eigenvalue weighted by molar-refractivity contribution is 5.59. The van der Waals surface area contributed by atoms with Crippen molar-refractivity contribution in [2.45, 2.75) is 13.0 Å². The lowest BCUT2D eigenvalue weighted by Crippen LogP contribution is -2.25. The summed E-state index contributed by atoms with van der Waals surface area (Å²) >= 11 is 0. The van der Waals surface area contributed by atoms with E-state index in [2.05, 4.69) is 0 Å². The van der Waals surface area contributed by atoms with Gasteiger partial charge in [-0.3, -0.25) is 0 Å². The Morgan fingerprint density at radius 2 is 2.00 bits per heavy atom. The molecule has 0 spiro atoms. The first-order valence-electron chi connectivity index (χ1n) is 2.35. The molecule has 1 unspecified atom stereocenters. The molecule has 0 aliphatic heterocycles. The first-order valence-corrected chi connectivity index (χ1v) is 2.35. The molecule has 0 aromatic carbocycles. The van der Waals surface area contributed by atoms with E-state index in [1.165, 1.54) is 6.21 Å². The van der Waals surface area contributed by atoms with Gasteiger partial charge in [-0.1, -0.05) is 0 Å². The molecule has 0 aromatic heterocycles. The summed E-state index contributed by atoms with van der Waals surface area (Å²) < 4.78 is 0. The first-order chi connectivity index (χ1) is 3.18. The minimum absolute atomic E-state index is 0.278. The standard InChI is InChI=1S/C5H12N2/c1-5(4-6)7(2)3/h4-6H,1-3H3. The zero-order valence-electron chi connectivity index (χ0n) is 5.10. The van der Waals surface area contributed by atoms with E-state index in [4.69, 9.17) is 5.41 Å². The molecule has 0 saturated carbocycles. The summed E-state index contributed by atoms with van der Waals surface area (Å²) in [6.07, 6.45) is 1.42. The predicted octanol–water partition coefficient (Wildman–Crippen LogP) is 0.586. The molecule has 2 nitrogen and oxygen atoms in total. The van der Waals surface area contributed by atoms with E-state index in [0.29, 0.717) is 0 Å². The van der Waals surface area contributed by atoms with Gasteiger partial charge in [-0.2, -0.15) is 0 Å². The normalized spacial score (nSPS) is 14.3. The third-order valence-electron chi connectivity index (χ3n) is 1.06. The topological polar surface area (TPSA) is 27.1 Å². The molecule has 0 bridgehead atoms. The molecular weight excluding hydrogens is 88.1 g/mol. The van der Waals surface area contributed by atoms with Gasteiger partial charge in [0.25, 0.3) is 0 Å². The third kappa shape index (κ3) is 2.34. The van der Waals surface area contributed by atoms with Crippen molar-refractivity contribution < 1.29 is 0 Å². The van der Waals surface area contributed by atoms with Crippen molar-refractivity contribution in [2.24, 2.45) is 0 Å². The summed E-state index contributed by atoms with van der Waals surface area (Å²) in [5, 5.41) is 6.77. The highest BCUT2D eigenvalue weighted by atomic mass is 15.1. The van der Waals surface area contributed by atoms with Gasteiger partial charge in [0.2, 0.25) is 0 Å². The molecule has 0 radical (unpaired) electrons. The van der Waals surface area contributed by atoms with Crippen LogP contribution in [-0.2, 0) is 0 Å². The van der Waals surface area contributed by atoms with Gasteiger partial charge in [0.15, 0.2) is 0 Å². The number of hydrogen-bond donors (Lipinski definition) is 1. The smallest absolute Gasteiger partial charge is 0.0409 e. The molecule has 0 rings (SSSR count). The Balaban J connectivity index is 3.33. The molecule has 1 N–H and O–H groups in total. The van der Waals surface area contributed by atoms with Crippen LogP contribution < -0.4 is 0 Å². The summed E-state index contributed by atoms with van der Waals surface area (Å²) in [7, 11) is 3.91. The molecular formula is C5H12N2. The number of rotatable bonds is 2. The van der Waals surface area contributed by atoms with Crippen LogP contribution in [0.3, 0.4) is 0 Å². The molecule has 0 saturated heterocycles.